The molecular formula is C9H7OS. The van der Waals surface area contributed by atoms with Gasteiger partial charge in [-0.15, -0.1) is 11.3 Å². The largest absolute Gasteiger partial charge is 0.385 e. The molecule has 2 aromatic rings. The van der Waals surface area contributed by atoms with Crippen LogP contribution in [0.1, 0.15) is 5.56 Å². The molecule has 0 atom stereocenters. The molecule has 0 saturated heterocycles. The summed E-state index contributed by atoms with van der Waals surface area (Å²) in [4.78, 5) is 0. The molecule has 0 fully saturated rings. The minimum atomic E-state index is 0.861. The zero-order valence-electron chi connectivity index (χ0n) is 5.82. The summed E-state index contributed by atoms with van der Waals surface area (Å²) in [5.41, 5.74) is 0.861. The number of benzene rings is 1. The zero-order valence-corrected chi connectivity index (χ0v) is 6.64. The number of rotatable bonds is 1. The molecule has 0 bridgehead atoms. The van der Waals surface area contributed by atoms with Crippen molar-refractivity contribution >= 4 is 21.4 Å². The van der Waals surface area contributed by atoms with Crippen LogP contribution >= 0.6 is 11.3 Å². The fourth-order valence-corrected chi connectivity index (χ4v) is 1.89. The van der Waals surface area contributed by atoms with Crippen molar-refractivity contribution < 1.29 is 5.11 Å². The lowest BCUT2D eigenvalue weighted by Crippen LogP contribution is -1.76. The lowest BCUT2D eigenvalue weighted by Gasteiger charge is -1.93. The molecule has 1 aromatic carbocycles. The zero-order chi connectivity index (χ0) is 7.68. The van der Waals surface area contributed by atoms with E-state index in [9.17, 15) is 0 Å². The highest BCUT2D eigenvalue weighted by atomic mass is 32.1. The molecule has 55 valence electrons. The predicted molar refractivity (Wildman–Crippen MR) is 47.2 cm³/mol. The van der Waals surface area contributed by atoms with Gasteiger partial charge in [-0.2, -0.15) is 0 Å². The standard InChI is InChI=1S/C9H7OS/c10-6-7-1-2-8-3-4-11-9(8)5-7/h1-6,10H. The molecule has 11 heavy (non-hydrogen) atoms. The summed E-state index contributed by atoms with van der Waals surface area (Å²) in [6, 6.07) is 7.95. The number of hydrogen-bond acceptors (Lipinski definition) is 2. The number of fused-ring (bicyclic) bond motifs is 1. The van der Waals surface area contributed by atoms with Crippen LogP contribution in [-0.2, 0) is 0 Å². The summed E-state index contributed by atoms with van der Waals surface area (Å²) in [5, 5.41) is 12.0. The Morgan fingerprint density at radius 1 is 1.27 bits per heavy atom. The van der Waals surface area contributed by atoms with E-state index in [-0.39, 0.29) is 0 Å². The van der Waals surface area contributed by atoms with Crippen LogP contribution in [0.4, 0.5) is 0 Å². The second-order valence-electron chi connectivity index (χ2n) is 2.35. The summed E-state index contributed by atoms with van der Waals surface area (Å²) in [6.45, 7) is 1.12. The van der Waals surface area contributed by atoms with Crippen molar-refractivity contribution in [2.45, 2.75) is 0 Å². The van der Waals surface area contributed by atoms with Crippen LogP contribution in [0.25, 0.3) is 10.1 Å². The molecular weight excluding hydrogens is 156 g/mol. The number of thiophene rings is 1. The molecule has 0 saturated carbocycles. The summed E-state index contributed by atoms with van der Waals surface area (Å²) in [6.07, 6.45) is 0. The monoisotopic (exact) mass is 163 g/mol. The van der Waals surface area contributed by atoms with Gasteiger partial charge in [0, 0.05) is 4.70 Å². The maximum absolute atomic E-state index is 8.71. The average Bonchev–Trinajstić information content (AvgIpc) is 2.50. The van der Waals surface area contributed by atoms with Gasteiger partial charge in [-0.1, -0.05) is 12.1 Å². The highest BCUT2D eigenvalue weighted by Gasteiger charge is 1.95. The van der Waals surface area contributed by atoms with Crippen LogP contribution in [-0.4, -0.2) is 5.11 Å². The van der Waals surface area contributed by atoms with Gasteiger partial charge in [0.25, 0.3) is 0 Å². The molecule has 0 spiro atoms. The molecule has 0 aliphatic heterocycles. The maximum Gasteiger partial charge on any atom is 0.109 e. The third kappa shape index (κ3) is 1.15. The second-order valence-corrected chi connectivity index (χ2v) is 3.29. The summed E-state index contributed by atoms with van der Waals surface area (Å²) >= 11 is 1.69. The fourth-order valence-electron chi connectivity index (χ4n) is 1.05. The van der Waals surface area contributed by atoms with E-state index in [0.717, 1.165) is 12.2 Å². The van der Waals surface area contributed by atoms with Crippen molar-refractivity contribution in [3.63, 3.8) is 0 Å². The van der Waals surface area contributed by atoms with Crippen LogP contribution < -0.4 is 0 Å². The molecule has 1 nitrogen and oxygen atoms in total. The van der Waals surface area contributed by atoms with Crippen LogP contribution in [0.5, 0.6) is 0 Å². The van der Waals surface area contributed by atoms with Gasteiger partial charge >= 0.3 is 0 Å². The Kier molecular flexibility index (Phi) is 1.64. The Labute approximate surface area is 68.9 Å². The van der Waals surface area contributed by atoms with E-state index >= 15 is 0 Å². The lowest BCUT2D eigenvalue weighted by molar-refractivity contribution is 0.415. The van der Waals surface area contributed by atoms with Crippen LogP contribution in [0.15, 0.2) is 29.6 Å². The molecule has 1 N–H and O–H groups in total. The van der Waals surface area contributed by atoms with Crippen molar-refractivity contribution in [3.8, 4) is 0 Å². The maximum atomic E-state index is 8.71. The second kappa shape index (κ2) is 2.64. The van der Waals surface area contributed by atoms with Crippen molar-refractivity contribution in [1.82, 2.24) is 0 Å². The molecule has 1 heterocycles. The van der Waals surface area contributed by atoms with Gasteiger partial charge in [-0.05, 0) is 28.5 Å². The topological polar surface area (TPSA) is 20.2 Å². The van der Waals surface area contributed by atoms with Crippen molar-refractivity contribution in [1.29, 1.82) is 0 Å². The van der Waals surface area contributed by atoms with Gasteiger partial charge in [0.2, 0.25) is 0 Å². The molecule has 0 amide bonds. The summed E-state index contributed by atoms with van der Waals surface area (Å²) < 4.78 is 1.22. The first-order chi connectivity index (χ1) is 5.40. The minimum absolute atomic E-state index is 0.861. The predicted octanol–water partition coefficient (Wildman–Crippen LogP) is 2.78. The van der Waals surface area contributed by atoms with Gasteiger partial charge in [0.1, 0.15) is 6.61 Å². The Morgan fingerprint density at radius 2 is 2.18 bits per heavy atom. The van der Waals surface area contributed by atoms with E-state index in [1.807, 2.05) is 23.6 Å². The van der Waals surface area contributed by atoms with Gasteiger partial charge in [-0.3, -0.25) is 0 Å². The Morgan fingerprint density at radius 3 is 3.00 bits per heavy atom. The number of hydrogen-bond donors (Lipinski definition) is 1. The number of aliphatic hydroxyl groups is 1. The Hall–Kier alpha value is -0.860. The first-order valence-corrected chi connectivity index (χ1v) is 4.23. The fraction of sp³-hybridized carbons (Fsp3) is 0. The van der Waals surface area contributed by atoms with Gasteiger partial charge < -0.3 is 5.11 Å². The normalized spacial score (nSPS) is 10.6. The summed E-state index contributed by atoms with van der Waals surface area (Å²) in [5.74, 6) is 0. The van der Waals surface area contributed by atoms with Crippen LogP contribution in [0, 0.1) is 6.61 Å². The van der Waals surface area contributed by atoms with Crippen molar-refractivity contribution in [2.24, 2.45) is 0 Å². The molecule has 1 radical (unpaired) electrons. The highest BCUT2D eigenvalue weighted by molar-refractivity contribution is 7.17. The summed E-state index contributed by atoms with van der Waals surface area (Å²) in [7, 11) is 0. The van der Waals surface area contributed by atoms with Gasteiger partial charge in [0.15, 0.2) is 0 Å². The van der Waals surface area contributed by atoms with Crippen molar-refractivity contribution in [3.05, 3.63) is 41.8 Å². The smallest absolute Gasteiger partial charge is 0.109 e. The quantitative estimate of drug-likeness (QED) is 0.685. The lowest BCUT2D eigenvalue weighted by atomic mass is 10.2. The van der Waals surface area contributed by atoms with Crippen LogP contribution in [0.3, 0.4) is 0 Å². The Bertz CT molecular complexity index is 364. The third-order valence-corrected chi connectivity index (χ3v) is 2.51. The van der Waals surface area contributed by atoms with Crippen LogP contribution in [0.2, 0.25) is 0 Å². The first-order valence-electron chi connectivity index (χ1n) is 3.35. The molecule has 2 heteroatoms. The van der Waals surface area contributed by atoms with E-state index in [2.05, 4.69) is 6.07 Å². The molecule has 2 rings (SSSR count). The van der Waals surface area contributed by atoms with Crippen molar-refractivity contribution in [2.75, 3.05) is 0 Å². The van der Waals surface area contributed by atoms with E-state index in [1.165, 1.54) is 10.1 Å². The van der Waals surface area contributed by atoms with E-state index in [4.69, 9.17) is 5.11 Å². The molecule has 1 aromatic heterocycles. The molecule has 0 unspecified atom stereocenters. The highest BCUT2D eigenvalue weighted by Crippen LogP contribution is 2.21. The molecule has 0 aliphatic carbocycles. The number of aliphatic hydroxyl groups excluding tert-OH is 1. The SMILES string of the molecule is O[CH]c1ccc2ccsc2c1. The Balaban J connectivity index is 2.67. The van der Waals surface area contributed by atoms with Gasteiger partial charge in [0.05, 0.1) is 0 Å². The average molecular weight is 163 g/mol. The molecule has 0 aliphatic rings. The minimum Gasteiger partial charge on any atom is -0.385 e. The first kappa shape index (κ1) is 6.83. The van der Waals surface area contributed by atoms with E-state index in [0.29, 0.717) is 0 Å². The third-order valence-electron chi connectivity index (χ3n) is 1.63. The van der Waals surface area contributed by atoms with Gasteiger partial charge in [-0.25, -0.2) is 0 Å². The van der Waals surface area contributed by atoms with E-state index in [1.54, 1.807) is 11.3 Å². The van der Waals surface area contributed by atoms with E-state index < -0.39 is 0 Å².